The second-order valence-electron chi connectivity index (χ2n) is 9.69. The summed E-state index contributed by atoms with van der Waals surface area (Å²) in [6.07, 6.45) is 9.23. The van der Waals surface area contributed by atoms with Crippen molar-refractivity contribution in [2.45, 2.75) is 6.54 Å². The fraction of sp³-hybridized carbons (Fsp3) is 0.214. The minimum Gasteiger partial charge on any atom is -0.384 e. The predicted molar refractivity (Wildman–Crippen MR) is 149 cm³/mol. The van der Waals surface area contributed by atoms with Crippen LogP contribution in [0.1, 0.15) is 16.8 Å². The van der Waals surface area contributed by atoms with Crippen LogP contribution in [-0.4, -0.2) is 68.2 Å². The van der Waals surface area contributed by atoms with Gasteiger partial charge in [0.15, 0.2) is 0 Å². The Morgan fingerprint density at radius 1 is 1.11 bits per heavy atom. The van der Waals surface area contributed by atoms with Crippen LogP contribution in [0, 0.1) is 5.82 Å². The minimum atomic E-state index is -0.289. The summed E-state index contributed by atoms with van der Waals surface area (Å²) in [4.78, 5) is 14.7. The van der Waals surface area contributed by atoms with Gasteiger partial charge in [0.05, 0.1) is 35.8 Å². The Labute approximate surface area is 219 Å². The highest BCUT2D eigenvalue weighted by Crippen LogP contribution is 2.35. The standard InChI is InChI=1S/C28H28FN9/c1-37(2)7-6-31-20-9-17(8-19(29)10-20)21-4-5-30-14-26-22(21)11-25(34-26)28-23-12-24(18-13-33-38(3)16-18)32-15-27(23)35-36-28/h4-5,8-13,15-16,31,34H,6-7,14H2,1-3H3,(H,35,36). The number of hydrogen-bond acceptors (Lipinski definition) is 6. The number of hydrogen-bond donors (Lipinski definition) is 3. The maximum absolute atomic E-state index is 14.7. The molecule has 0 bridgehead atoms. The van der Waals surface area contributed by atoms with Crippen LogP contribution >= 0.6 is 0 Å². The first-order valence-corrected chi connectivity index (χ1v) is 12.4. The molecule has 1 aromatic carbocycles. The van der Waals surface area contributed by atoms with Crippen LogP contribution in [0.25, 0.3) is 39.1 Å². The van der Waals surface area contributed by atoms with Gasteiger partial charge in [-0.3, -0.25) is 19.8 Å². The van der Waals surface area contributed by atoms with Gasteiger partial charge in [-0.1, -0.05) is 0 Å². The summed E-state index contributed by atoms with van der Waals surface area (Å²) < 4.78 is 16.4. The molecule has 3 N–H and O–H groups in total. The molecule has 0 fully saturated rings. The summed E-state index contributed by atoms with van der Waals surface area (Å²) in [7, 11) is 5.91. The molecule has 0 saturated carbocycles. The van der Waals surface area contributed by atoms with Crippen molar-refractivity contribution in [2.75, 3.05) is 32.5 Å². The van der Waals surface area contributed by atoms with Gasteiger partial charge in [0.25, 0.3) is 0 Å². The molecule has 1 aliphatic heterocycles. The lowest BCUT2D eigenvalue weighted by molar-refractivity contribution is 0.425. The molecule has 0 spiro atoms. The Hall–Kier alpha value is -4.57. The zero-order chi connectivity index (χ0) is 26.2. The van der Waals surface area contributed by atoms with Crippen LogP contribution in [0.5, 0.6) is 0 Å². The van der Waals surface area contributed by atoms with Gasteiger partial charge < -0.3 is 15.2 Å². The topological polar surface area (TPSA) is 103 Å². The van der Waals surface area contributed by atoms with Crippen molar-refractivity contribution in [3.8, 4) is 22.6 Å². The Morgan fingerprint density at radius 3 is 2.82 bits per heavy atom. The van der Waals surface area contributed by atoms with E-state index < -0.39 is 0 Å². The Kier molecular flexibility index (Phi) is 6.09. The Bertz CT molecular complexity index is 1690. The van der Waals surface area contributed by atoms with E-state index >= 15 is 0 Å². The van der Waals surface area contributed by atoms with E-state index in [0.29, 0.717) is 6.54 Å². The van der Waals surface area contributed by atoms with Gasteiger partial charge in [0.2, 0.25) is 0 Å². The summed E-state index contributed by atoms with van der Waals surface area (Å²) in [6, 6.07) is 9.16. The molecular formula is C28H28FN9. The quantitative estimate of drug-likeness (QED) is 0.300. The van der Waals surface area contributed by atoms with E-state index in [1.54, 1.807) is 29.4 Å². The molecular weight excluding hydrogens is 481 g/mol. The number of benzene rings is 1. The summed E-state index contributed by atoms with van der Waals surface area (Å²) in [6.45, 7) is 2.06. The third-order valence-corrected chi connectivity index (χ3v) is 6.59. The second kappa shape index (κ2) is 9.71. The van der Waals surface area contributed by atoms with Crippen LogP contribution in [-0.2, 0) is 13.6 Å². The number of aromatic amines is 2. The van der Waals surface area contributed by atoms with Crippen LogP contribution in [0.2, 0.25) is 0 Å². The number of aromatic nitrogens is 6. The normalized spacial score (nSPS) is 13.1. The van der Waals surface area contributed by atoms with Crippen molar-refractivity contribution in [1.82, 2.24) is 34.8 Å². The molecule has 192 valence electrons. The van der Waals surface area contributed by atoms with Crippen molar-refractivity contribution < 1.29 is 4.39 Å². The fourth-order valence-electron chi connectivity index (χ4n) is 4.71. The van der Waals surface area contributed by atoms with E-state index in [0.717, 1.165) is 74.7 Å². The predicted octanol–water partition coefficient (Wildman–Crippen LogP) is 4.48. The van der Waals surface area contributed by atoms with Crippen LogP contribution in [0.15, 0.2) is 60.0 Å². The number of anilines is 1. The lowest BCUT2D eigenvalue weighted by Crippen LogP contribution is -2.20. The Balaban J connectivity index is 1.38. The minimum absolute atomic E-state index is 0.289. The molecule has 10 heteroatoms. The molecule has 1 aliphatic rings. The highest BCUT2D eigenvalue weighted by atomic mass is 19.1. The molecule has 0 radical (unpaired) electrons. The van der Waals surface area contributed by atoms with Gasteiger partial charge in [-0.25, -0.2) is 4.39 Å². The Morgan fingerprint density at radius 2 is 2.00 bits per heavy atom. The third-order valence-electron chi connectivity index (χ3n) is 6.59. The van der Waals surface area contributed by atoms with Gasteiger partial charge in [-0.2, -0.15) is 10.2 Å². The number of nitrogens with one attached hydrogen (secondary N) is 3. The van der Waals surface area contributed by atoms with Gasteiger partial charge in [0, 0.05) is 60.4 Å². The lowest BCUT2D eigenvalue weighted by Gasteiger charge is -2.13. The maximum Gasteiger partial charge on any atom is 0.125 e. The first kappa shape index (κ1) is 23.8. The van der Waals surface area contributed by atoms with Crippen molar-refractivity contribution in [3.63, 3.8) is 0 Å². The zero-order valence-electron chi connectivity index (χ0n) is 21.5. The number of rotatable bonds is 7. The van der Waals surface area contributed by atoms with Gasteiger partial charge in [-0.15, -0.1) is 0 Å². The van der Waals surface area contributed by atoms with E-state index in [2.05, 4.69) is 46.5 Å². The molecule has 38 heavy (non-hydrogen) atoms. The fourth-order valence-corrected chi connectivity index (χ4v) is 4.71. The molecule has 0 aliphatic carbocycles. The number of fused-ring (bicyclic) bond motifs is 2. The van der Waals surface area contributed by atoms with E-state index in [-0.39, 0.29) is 5.82 Å². The number of halogens is 1. The maximum atomic E-state index is 14.7. The number of likely N-dealkylation sites (N-methyl/N-ethyl adjacent to an activating group) is 1. The smallest absolute Gasteiger partial charge is 0.125 e. The summed E-state index contributed by atoms with van der Waals surface area (Å²) in [5.41, 5.74) is 8.58. The SMILES string of the molecule is CN(C)CCNc1cc(F)cc(C2=CC=NCc3[nH]c(-c4n[nH]c5cnc(-c6cnn(C)c6)cc45)cc32)c1. The summed E-state index contributed by atoms with van der Waals surface area (Å²) in [5.74, 6) is -0.289. The number of H-pyrrole nitrogens is 2. The molecule has 6 rings (SSSR count). The molecule has 5 aromatic rings. The van der Waals surface area contributed by atoms with E-state index in [4.69, 9.17) is 0 Å². The number of aryl methyl sites for hydroxylation is 1. The average Bonchev–Trinajstić information content (AvgIpc) is 3.58. The van der Waals surface area contributed by atoms with Gasteiger partial charge in [-0.05, 0) is 61.6 Å². The van der Waals surface area contributed by atoms with Gasteiger partial charge >= 0.3 is 0 Å². The summed E-state index contributed by atoms with van der Waals surface area (Å²) >= 11 is 0. The molecule has 9 nitrogen and oxygen atoms in total. The van der Waals surface area contributed by atoms with E-state index in [1.807, 2.05) is 45.5 Å². The first-order chi connectivity index (χ1) is 18.4. The first-order valence-electron chi connectivity index (χ1n) is 12.4. The summed E-state index contributed by atoms with van der Waals surface area (Å²) in [5, 5.41) is 16.2. The van der Waals surface area contributed by atoms with Crippen molar-refractivity contribution in [2.24, 2.45) is 12.0 Å². The highest BCUT2D eigenvalue weighted by Gasteiger charge is 2.20. The number of pyridine rings is 1. The average molecular weight is 510 g/mol. The monoisotopic (exact) mass is 509 g/mol. The van der Waals surface area contributed by atoms with Crippen LogP contribution in [0.3, 0.4) is 0 Å². The van der Waals surface area contributed by atoms with E-state index in [1.165, 1.54) is 6.07 Å². The molecule has 0 saturated heterocycles. The molecule has 0 unspecified atom stereocenters. The number of aliphatic imine (C=N–C) groups is 1. The molecule has 5 heterocycles. The molecule has 0 atom stereocenters. The molecule has 4 aromatic heterocycles. The van der Waals surface area contributed by atoms with Crippen molar-refractivity contribution >= 4 is 28.4 Å². The zero-order valence-corrected chi connectivity index (χ0v) is 21.5. The second-order valence-corrected chi connectivity index (χ2v) is 9.69. The van der Waals surface area contributed by atoms with Gasteiger partial charge in [0.1, 0.15) is 11.5 Å². The van der Waals surface area contributed by atoms with Crippen LogP contribution in [0.4, 0.5) is 10.1 Å². The van der Waals surface area contributed by atoms with Crippen LogP contribution < -0.4 is 5.32 Å². The highest BCUT2D eigenvalue weighted by molar-refractivity contribution is 5.97. The van der Waals surface area contributed by atoms with Crippen molar-refractivity contribution in [1.29, 1.82) is 0 Å². The van der Waals surface area contributed by atoms with E-state index in [9.17, 15) is 4.39 Å². The largest absolute Gasteiger partial charge is 0.384 e. The number of allylic oxidation sites excluding steroid dienone is 1. The third kappa shape index (κ3) is 4.61. The molecule has 0 amide bonds. The van der Waals surface area contributed by atoms with Crippen molar-refractivity contribution in [3.05, 3.63) is 77.6 Å². The lowest BCUT2D eigenvalue weighted by atomic mass is 9.97. The number of nitrogens with zero attached hydrogens (tertiary/aromatic N) is 6.